The van der Waals surface area contributed by atoms with E-state index in [-0.39, 0.29) is 0 Å². The van der Waals surface area contributed by atoms with Crippen molar-refractivity contribution in [3.63, 3.8) is 0 Å². The number of aryl methyl sites for hydroxylation is 1. The number of anilines is 1. The SMILES string of the molecule is CCC(Nc1ccc(-n2ccnc2C)nc1)C(=O)O. The van der Waals surface area contributed by atoms with Gasteiger partial charge in [-0.2, -0.15) is 0 Å². The molecule has 0 bridgehead atoms. The van der Waals surface area contributed by atoms with Crippen LogP contribution in [0.2, 0.25) is 0 Å². The van der Waals surface area contributed by atoms with Crippen LogP contribution in [0, 0.1) is 6.92 Å². The van der Waals surface area contributed by atoms with Crippen LogP contribution in [0.5, 0.6) is 0 Å². The number of carbonyl (C=O) groups is 1. The number of carboxylic acid groups (broad SMARTS) is 1. The molecular weight excluding hydrogens is 244 g/mol. The molecule has 2 rings (SSSR count). The van der Waals surface area contributed by atoms with Crippen LogP contribution in [-0.4, -0.2) is 31.7 Å². The summed E-state index contributed by atoms with van der Waals surface area (Å²) < 4.78 is 1.86. The van der Waals surface area contributed by atoms with Gasteiger partial charge in [0, 0.05) is 12.4 Å². The van der Waals surface area contributed by atoms with E-state index in [1.807, 2.05) is 36.7 Å². The minimum Gasteiger partial charge on any atom is -0.480 e. The molecule has 6 nitrogen and oxygen atoms in total. The van der Waals surface area contributed by atoms with Crippen LogP contribution in [0.25, 0.3) is 5.82 Å². The fourth-order valence-corrected chi connectivity index (χ4v) is 1.77. The van der Waals surface area contributed by atoms with Gasteiger partial charge in [0.25, 0.3) is 0 Å². The summed E-state index contributed by atoms with van der Waals surface area (Å²) in [5, 5.41) is 11.9. The van der Waals surface area contributed by atoms with Gasteiger partial charge in [-0.1, -0.05) is 6.92 Å². The second-order valence-corrected chi connectivity index (χ2v) is 4.19. The summed E-state index contributed by atoms with van der Waals surface area (Å²) >= 11 is 0. The number of nitrogens with one attached hydrogen (secondary N) is 1. The van der Waals surface area contributed by atoms with Crippen molar-refractivity contribution in [1.29, 1.82) is 0 Å². The van der Waals surface area contributed by atoms with Crippen LogP contribution in [0.15, 0.2) is 30.7 Å². The third-order valence-corrected chi connectivity index (χ3v) is 2.87. The van der Waals surface area contributed by atoms with E-state index in [9.17, 15) is 4.79 Å². The second-order valence-electron chi connectivity index (χ2n) is 4.19. The predicted molar refractivity (Wildman–Crippen MR) is 71.4 cm³/mol. The maximum atomic E-state index is 10.9. The molecule has 0 aliphatic carbocycles. The van der Waals surface area contributed by atoms with Gasteiger partial charge in [0.15, 0.2) is 0 Å². The molecule has 2 heterocycles. The Labute approximate surface area is 111 Å². The molecular formula is C13H16N4O2. The van der Waals surface area contributed by atoms with E-state index < -0.39 is 12.0 Å². The third kappa shape index (κ3) is 2.90. The standard InChI is InChI=1S/C13H16N4O2/c1-3-11(13(18)19)16-10-4-5-12(15-8-10)17-7-6-14-9(17)2/h4-8,11,16H,3H2,1-2H3,(H,18,19). The van der Waals surface area contributed by atoms with E-state index in [1.165, 1.54) is 0 Å². The summed E-state index contributed by atoms with van der Waals surface area (Å²) in [6.07, 6.45) is 5.68. The van der Waals surface area contributed by atoms with Crippen molar-refractivity contribution >= 4 is 11.7 Å². The van der Waals surface area contributed by atoms with Gasteiger partial charge in [-0.25, -0.2) is 14.8 Å². The molecule has 2 N–H and O–H groups in total. The molecule has 2 aromatic rings. The van der Waals surface area contributed by atoms with Crippen LogP contribution in [0.1, 0.15) is 19.2 Å². The van der Waals surface area contributed by atoms with Crippen LogP contribution in [-0.2, 0) is 4.79 Å². The summed E-state index contributed by atoms with van der Waals surface area (Å²) in [4.78, 5) is 19.4. The summed E-state index contributed by atoms with van der Waals surface area (Å²) in [6.45, 7) is 3.72. The van der Waals surface area contributed by atoms with Gasteiger partial charge in [-0.15, -0.1) is 0 Å². The van der Waals surface area contributed by atoms with Gasteiger partial charge in [0.05, 0.1) is 11.9 Å². The zero-order chi connectivity index (χ0) is 13.8. The highest BCUT2D eigenvalue weighted by atomic mass is 16.4. The van der Waals surface area contributed by atoms with Crippen LogP contribution < -0.4 is 5.32 Å². The Morgan fingerprint density at radius 2 is 2.26 bits per heavy atom. The predicted octanol–water partition coefficient (Wildman–Crippen LogP) is 1.85. The molecule has 0 spiro atoms. The summed E-state index contributed by atoms with van der Waals surface area (Å²) in [5.74, 6) is 0.742. The zero-order valence-corrected chi connectivity index (χ0v) is 10.9. The Bertz CT molecular complexity index is 562. The lowest BCUT2D eigenvalue weighted by atomic mass is 10.2. The Hall–Kier alpha value is -2.37. The molecule has 0 saturated heterocycles. The number of aromatic nitrogens is 3. The van der Waals surface area contributed by atoms with Gasteiger partial charge in [-0.3, -0.25) is 4.57 Å². The number of aliphatic carboxylic acids is 1. The van der Waals surface area contributed by atoms with E-state index in [4.69, 9.17) is 5.11 Å². The first kappa shape index (κ1) is 13.1. The average Bonchev–Trinajstić information content (AvgIpc) is 2.82. The smallest absolute Gasteiger partial charge is 0.326 e. The molecule has 2 aromatic heterocycles. The van der Waals surface area contributed by atoms with Crippen molar-refractivity contribution < 1.29 is 9.90 Å². The van der Waals surface area contributed by atoms with Crippen LogP contribution in [0.4, 0.5) is 5.69 Å². The molecule has 1 unspecified atom stereocenters. The molecule has 100 valence electrons. The Morgan fingerprint density at radius 3 is 2.74 bits per heavy atom. The number of hydrogen-bond donors (Lipinski definition) is 2. The van der Waals surface area contributed by atoms with E-state index >= 15 is 0 Å². The molecule has 0 aromatic carbocycles. The Morgan fingerprint density at radius 1 is 1.47 bits per heavy atom. The second kappa shape index (κ2) is 5.51. The highest BCUT2D eigenvalue weighted by molar-refractivity contribution is 5.77. The minimum atomic E-state index is -0.864. The highest BCUT2D eigenvalue weighted by Crippen LogP contribution is 2.13. The first-order valence-electron chi connectivity index (χ1n) is 6.07. The zero-order valence-electron chi connectivity index (χ0n) is 10.9. The van der Waals surface area contributed by atoms with Crippen molar-refractivity contribution in [2.75, 3.05) is 5.32 Å². The Balaban J connectivity index is 2.15. The summed E-state index contributed by atoms with van der Waals surface area (Å²) in [5.41, 5.74) is 0.691. The number of rotatable bonds is 5. The Kier molecular flexibility index (Phi) is 3.79. The van der Waals surface area contributed by atoms with Crippen molar-refractivity contribution in [1.82, 2.24) is 14.5 Å². The van der Waals surface area contributed by atoms with Gasteiger partial charge in [-0.05, 0) is 25.5 Å². The monoisotopic (exact) mass is 260 g/mol. The minimum absolute atomic E-state index is 0.512. The van der Waals surface area contributed by atoms with Crippen molar-refractivity contribution in [2.24, 2.45) is 0 Å². The quantitative estimate of drug-likeness (QED) is 0.857. The maximum absolute atomic E-state index is 10.9. The lowest BCUT2D eigenvalue weighted by Gasteiger charge is -2.13. The maximum Gasteiger partial charge on any atom is 0.326 e. The van der Waals surface area contributed by atoms with Crippen molar-refractivity contribution in [3.05, 3.63) is 36.5 Å². The molecule has 0 aliphatic heterocycles. The molecule has 0 radical (unpaired) electrons. The summed E-state index contributed by atoms with van der Waals surface area (Å²) in [7, 11) is 0. The number of nitrogens with zero attached hydrogens (tertiary/aromatic N) is 3. The third-order valence-electron chi connectivity index (χ3n) is 2.87. The molecule has 0 fully saturated rings. The number of pyridine rings is 1. The molecule has 0 aliphatic rings. The lowest BCUT2D eigenvalue weighted by molar-refractivity contribution is -0.137. The van der Waals surface area contributed by atoms with Crippen LogP contribution >= 0.6 is 0 Å². The molecule has 0 amide bonds. The number of hydrogen-bond acceptors (Lipinski definition) is 4. The van der Waals surface area contributed by atoms with Gasteiger partial charge >= 0.3 is 5.97 Å². The number of imidazole rings is 1. The van der Waals surface area contributed by atoms with Gasteiger partial charge in [0.2, 0.25) is 0 Å². The van der Waals surface area contributed by atoms with E-state index in [1.54, 1.807) is 12.4 Å². The van der Waals surface area contributed by atoms with Crippen LogP contribution in [0.3, 0.4) is 0 Å². The molecule has 0 saturated carbocycles. The largest absolute Gasteiger partial charge is 0.480 e. The molecule has 6 heteroatoms. The van der Waals surface area contributed by atoms with Gasteiger partial charge < -0.3 is 10.4 Å². The fraction of sp³-hybridized carbons (Fsp3) is 0.308. The first-order chi connectivity index (χ1) is 9.11. The summed E-state index contributed by atoms with van der Waals surface area (Å²) in [6, 6.07) is 3.04. The number of carboxylic acids is 1. The van der Waals surface area contributed by atoms with E-state index in [2.05, 4.69) is 15.3 Å². The van der Waals surface area contributed by atoms with Crippen molar-refractivity contribution in [3.8, 4) is 5.82 Å². The first-order valence-corrected chi connectivity index (χ1v) is 6.07. The normalized spacial score (nSPS) is 12.1. The van der Waals surface area contributed by atoms with Crippen molar-refractivity contribution in [2.45, 2.75) is 26.3 Å². The highest BCUT2D eigenvalue weighted by Gasteiger charge is 2.14. The average molecular weight is 260 g/mol. The van der Waals surface area contributed by atoms with E-state index in [0.717, 1.165) is 11.6 Å². The topological polar surface area (TPSA) is 80.0 Å². The molecule has 1 atom stereocenters. The van der Waals surface area contributed by atoms with Gasteiger partial charge in [0.1, 0.15) is 17.7 Å². The molecule has 19 heavy (non-hydrogen) atoms. The van der Waals surface area contributed by atoms with E-state index in [0.29, 0.717) is 12.1 Å². The lowest BCUT2D eigenvalue weighted by Crippen LogP contribution is -2.28. The fourth-order valence-electron chi connectivity index (χ4n) is 1.77.